The summed E-state index contributed by atoms with van der Waals surface area (Å²) in [7, 11) is 1.26. The van der Waals surface area contributed by atoms with E-state index in [1.54, 1.807) is 0 Å². The van der Waals surface area contributed by atoms with E-state index in [0.29, 0.717) is 12.3 Å². The van der Waals surface area contributed by atoms with Crippen molar-refractivity contribution in [2.24, 2.45) is 11.7 Å². The number of carbonyl (C=O) groups is 2. The Morgan fingerprint density at radius 1 is 1.36 bits per heavy atom. The summed E-state index contributed by atoms with van der Waals surface area (Å²) < 4.78 is 4.34. The topological polar surface area (TPSA) is 69.4 Å². The maximum absolute atomic E-state index is 11.3. The van der Waals surface area contributed by atoms with E-state index in [1.165, 1.54) is 13.2 Å². The quantitative estimate of drug-likeness (QED) is 0.521. The predicted molar refractivity (Wildman–Crippen MR) is 53.6 cm³/mol. The van der Waals surface area contributed by atoms with Gasteiger partial charge in [0.15, 0.2) is 5.78 Å². The third-order valence-electron chi connectivity index (χ3n) is 1.68. The number of hydrogen-bond acceptors (Lipinski definition) is 4. The molecule has 0 aliphatic heterocycles. The number of hydrogen-bond donors (Lipinski definition) is 1. The van der Waals surface area contributed by atoms with E-state index in [9.17, 15) is 9.59 Å². The van der Waals surface area contributed by atoms with Gasteiger partial charge in [-0.05, 0) is 18.4 Å². The molecule has 0 fully saturated rings. The zero-order valence-electron chi connectivity index (χ0n) is 8.82. The standard InChI is InChI=1S/C10H17NO3/c1-7(2)6-8(11)9(12)4-5-10(13)14-3/h4-5,7-8H,6,11H2,1-3H3/b5-4-/t8-/m0/s1. The van der Waals surface area contributed by atoms with Gasteiger partial charge in [-0.25, -0.2) is 4.79 Å². The monoisotopic (exact) mass is 199 g/mol. The van der Waals surface area contributed by atoms with Gasteiger partial charge in [-0.3, -0.25) is 4.79 Å². The van der Waals surface area contributed by atoms with Crippen LogP contribution in [0.5, 0.6) is 0 Å². The van der Waals surface area contributed by atoms with Crippen LogP contribution in [0.3, 0.4) is 0 Å². The van der Waals surface area contributed by atoms with Gasteiger partial charge in [-0.1, -0.05) is 13.8 Å². The van der Waals surface area contributed by atoms with E-state index in [2.05, 4.69) is 4.74 Å². The summed E-state index contributed by atoms with van der Waals surface area (Å²) in [5.74, 6) is -0.431. The third kappa shape index (κ3) is 5.48. The summed E-state index contributed by atoms with van der Waals surface area (Å²) in [5.41, 5.74) is 5.59. The molecule has 0 heterocycles. The number of carbonyl (C=O) groups excluding carboxylic acids is 2. The average Bonchev–Trinajstić information content (AvgIpc) is 2.12. The van der Waals surface area contributed by atoms with Gasteiger partial charge >= 0.3 is 5.97 Å². The fourth-order valence-electron chi connectivity index (χ4n) is 0.966. The van der Waals surface area contributed by atoms with E-state index in [4.69, 9.17) is 5.73 Å². The fraction of sp³-hybridized carbons (Fsp3) is 0.600. The molecule has 80 valence electrons. The second-order valence-corrected chi connectivity index (χ2v) is 3.49. The molecule has 0 rings (SSSR count). The normalized spacial score (nSPS) is 13.2. The number of ether oxygens (including phenoxy) is 1. The molecule has 0 aliphatic rings. The number of nitrogens with two attached hydrogens (primary N) is 1. The van der Waals surface area contributed by atoms with Gasteiger partial charge in [-0.2, -0.15) is 0 Å². The number of rotatable bonds is 5. The van der Waals surface area contributed by atoms with Gasteiger partial charge < -0.3 is 10.5 Å². The molecule has 0 aliphatic carbocycles. The second-order valence-electron chi connectivity index (χ2n) is 3.49. The first-order chi connectivity index (χ1) is 6.47. The maximum Gasteiger partial charge on any atom is 0.330 e. The molecule has 0 unspecified atom stereocenters. The Kier molecular flexibility index (Phi) is 5.79. The van der Waals surface area contributed by atoms with Gasteiger partial charge in [0.1, 0.15) is 0 Å². The summed E-state index contributed by atoms with van der Waals surface area (Å²) in [6, 6.07) is -0.532. The first kappa shape index (κ1) is 12.8. The molecule has 0 aromatic heterocycles. The molecule has 0 radical (unpaired) electrons. The van der Waals surface area contributed by atoms with Crippen molar-refractivity contribution in [3.63, 3.8) is 0 Å². The molecule has 14 heavy (non-hydrogen) atoms. The highest BCUT2D eigenvalue weighted by molar-refractivity contribution is 5.98. The summed E-state index contributed by atoms with van der Waals surface area (Å²) in [5, 5.41) is 0. The van der Waals surface area contributed by atoms with Gasteiger partial charge in [0.25, 0.3) is 0 Å². The second kappa shape index (κ2) is 6.32. The number of methoxy groups -OCH3 is 1. The number of ketones is 1. The summed E-state index contributed by atoms with van der Waals surface area (Å²) in [6.45, 7) is 3.97. The van der Waals surface area contributed by atoms with Crippen LogP contribution in [0.4, 0.5) is 0 Å². The molecule has 2 N–H and O–H groups in total. The lowest BCUT2D eigenvalue weighted by molar-refractivity contribution is -0.135. The molecular formula is C10H17NO3. The molecule has 1 atom stereocenters. The maximum atomic E-state index is 11.3. The first-order valence-electron chi connectivity index (χ1n) is 4.52. The Morgan fingerprint density at radius 2 is 1.93 bits per heavy atom. The van der Waals surface area contributed by atoms with Crippen molar-refractivity contribution in [3.05, 3.63) is 12.2 Å². The smallest absolute Gasteiger partial charge is 0.330 e. The minimum absolute atomic E-state index is 0.246. The fourth-order valence-corrected chi connectivity index (χ4v) is 0.966. The Hall–Kier alpha value is -1.16. The Balaban J connectivity index is 4.07. The van der Waals surface area contributed by atoms with E-state index >= 15 is 0 Å². The minimum Gasteiger partial charge on any atom is -0.466 e. The van der Waals surface area contributed by atoms with Crippen molar-refractivity contribution in [3.8, 4) is 0 Å². The molecule has 4 heteroatoms. The van der Waals surface area contributed by atoms with Crippen LogP contribution in [0.1, 0.15) is 20.3 Å². The van der Waals surface area contributed by atoms with Gasteiger partial charge in [0, 0.05) is 6.08 Å². The van der Waals surface area contributed by atoms with Crippen molar-refractivity contribution in [2.45, 2.75) is 26.3 Å². The molecule has 0 amide bonds. The van der Waals surface area contributed by atoms with Crippen molar-refractivity contribution in [1.29, 1.82) is 0 Å². The molecule has 0 aromatic carbocycles. The highest BCUT2D eigenvalue weighted by Gasteiger charge is 2.12. The average molecular weight is 199 g/mol. The third-order valence-corrected chi connectivity index (χ3v) is 1.68. The lowest BCUT2D eigenvalue weighted by Gasteiger charge is -2.09. The van der Waals surface area contributed by atoms with E-state index in [-0.39, 0.29) is 5.78 Å². The summed E-state index contributed by atoms with van der Waals surface area (Å²) in [6.07, 6.45) is 2.87. The summed E-state index contributed by atoms with van der Waals surface area (Å²) >= 11 is 0. The van der Waals surface area contributed by atoms with Crippen LogP contribution in [0.2, 0.25) is 0 Å². The molecular weight excluding hydrogens is 182 g/mol. The van der Waals surface area contributed by atoms with Gasteiger partial charge in [0.05, 0.1) is 13.2 Å². The van der Waals surface area contributed by atoms with Crippen molar-refractivity contribution in [2.75, 3.05) is 7.11 Å². The SMILES string of the molecule is COC(=O)/C=C\C(=O)[C@@H](N)CC(C)C. The molecule has 4 nitrogen and oxygen atoms in total. The van der Waals surface area contributed by atoms with E-state index < -0.39 is 12.0 Å². The highest BCUT2D eigenvalue weighted by Crippen LogP contribution is 2.03. The van der Waals surface area contributed by atoms with Gasteiger partial charge in [-0.15, -0.1) is 0 Å². The molecule has 0 bridgehead atoms. The predicted octanol–water partition coefficient (Wildman–Crippen LogP) is 0.658. The Labute approximate surface area is 84.1 Å². The minimum atomic E-state index is -0.546. The van der Waals surface area contributed by atoms with Crippen LogP contribution < -0.4 is 5.73 Å². The molecule has 0 spiro atoms. The highest BCUT2D eigenvalue weighted by atomic mass is 16.5. The summed E-state index contributed by atoms with van der Waals surface area (Å²) in [4.78, 5) is 21.9. The van der Waals surface area contributed by atoms with Crippen LogP contribution >= 0.6 is 0 Å². The van der Waals surface area contributed by atoms with Crippen LogP contribution in [-0.4, -0.2) is 24.9 Å². The van der Waals surface area contributed by atoms with Crippen LogP contribution in [0.15, 0.2) is 12.2 Å². The largest absolute Gasteiger partial charge is 0.466 e. The molecule has 0 saturated heterocycles. The molecule has 0 saturated carbocycles. The molecule has 0 aromatic rings. The van der Waals surface area contributed by atoms with Gasteiger partial charge in [0.2, 0.25) is 0 Å². The number of esters is 1. The Morgan fingerprint density at radius 3 is 2.36 bits per heavy atom. The zero-order chi connectivity index (χ0) is 11.1. The van der Waals surface area contributed by atoms with Crippen molar-refractivity contribution in [1.82, 2.24) is 0 Å². The van der Waals surface area contributed by atoms with Crippen LogP contribution in [0, 0.1) is 5.92 Å². The van der Waals surface area contributed by atoms with E-state index in [1.807, 2.05) is 13.8 Å². The zero-order valence-corrected chi connectivity index (χ0v) is 8.82. The van der Waals surface area contributed by atoms with Crippen molar-refractivity contribution < 1.29 is 14.3 Å². The first-order valence-corrected chi connectivity index (χ1v) is 4.52. The lowest BCUT2D eigenvalue weighted by atomic mass is 10.0. The van der Waals surface area contributed by atoms with E-state index in [0.717, 1.165) is 6.08 Å². The lowest BCUT2D eigenvalue weighted by Crippen LogP contribution is -2.30. The van der Waals surface area contributed by atoms with Crippen molar-refractivity contribution >= 4 is 11.8 Å². The Bertz CT molecular complexity index is 234. The van der Waals surface area contributed by atoms with Crippen LogP contribution in [0.25, 0.3) is 0 Å². The van der Waals surface area contributed by atoms with Crippen LogP contribution in [-0.2, 0) is 14.3 Å².